The third kappa shape index (κ3) is 3.96. The first-order valence-electron chi connectivity index (χ1n) is 10.2. The second-order valence-corrected chi connectivity index (χ2v) is 7.26. The van der Waals surface area contributed by atoms with E-state index >= 15 is 0 Å². The van der Waals surface area contributed by atoms with Gasteiger partial charge >= 0.3 is 0 Å². The lowest BCUT2D eigenvalue weighted by atomic mass is 10.3. The van der Waals surface area contributed by atoms with Gasteiger partial charge in [-0.1, -0.05) is 6.07 Å². The summed E-state index contributed by atoms with van der Waals surface area (Å²) in [7, 11) is 0. The average molecular weight is 408 g/mol. The minimum Gasteiger partial charge on any atom is -0.378 e. The minimum atomic E-state index is 0.562. The van der Waals surface area contributed by atoms with Gasteiger partial charge in [-0.3, -0.25) is 4.57 Å². The summed E-state index contributed by atoms with van der Waals surface area (Å²) < 4.78 is 12.9. The maximum atomic E-state index is 5.49. The van der Waals surface area contributed by atoms with Crippen molar-refractivity contribution in [3.05, 3.63) is 36.4 Å². The van der Waals surface area contributed by atoms with Gasteiger partial charge in [-0.25, -0.2) is 9.97 Å². The molecule has 0 aromatic carbocycles. The van der Waals surface area contributed by atoms with E-state index in [9.17, 15) is 0 Å². The van der Waals surface area contributed by atoms with Gasteiger partial charge in [0.2, 0.25) is 11.9 Å². The number of hydrogen-bond acceptors (Lipinski definition) is 9. The van der Waals surface area contributed by atoms with Crippen LogP contribution in [-0.2, 0) is 9.47 Å². The van der Waals surface area contributed by atoms with Crippen molar-refractivity contribution in [2.75, 3.05) is 62.4 Å². The summed E-state index contributed by atoms with van der Waals surface area (Å²) in [6, 6.07) is 5.83. The quantitative estimate of drug-likeness (QED) is 0.629. The normalized spacial score (nSPS) is 17.4. The molecular weight excluding hydrogens is 384 g/mol. The molecule has 10 nitrogen and oxygen atoms in total. The molecule has 0 spiro atoms. The molecule has 10 heteroatoms. The molecule has 2 saturated heterocycles. The van der Waals surface area contributed by atoms with Crippen LogP contribution in [0.25, 0.3) is 17.3 Å². The lowest BCUT2D eigenvalue weighted by Gasteiger charge is -2.30. The maximum absolute atomic E-state index is 5.49. The highest BCUT2D eigenvalue weighted by molar-refractivity contribution is 5.56. The highest BCUT2D eigenvalue weighted by Crippen LogP contribution is 2.22. The van der Waals surface area contributed by atoms with Crippen LogP contribution in [0.1, 0.15) is 5.69 Å². The summed E-state index contributed by atoms with van der Waals surface area (Å²) in [5.74, 6) is 2.66. The fourth-order valence-corrected chi connectivity index (χ4v) is 3.52. The van der Waals surface area contributed by atoms with Crippen molar-refractivity contribution >= 4 is 11.9 Å². The fourth-order valence-electron chi connectivity index (χ4n) is 3.52. The van der Waals surface area contributed by atoms with E-state index in [0.717, 1.165) is 37.7 Å². The average Bonchev–Trinajstić information content (AvgIpc) is 3.26. The smallest absolute Gasteiger partial charge is 0.230 e. The van der Waals surface area contributed by atoms with E-state index in [2.05, 4.69) is 14.8 Å². The van der Waals surface area contributed by atoms with E-state index in [-0.39, 0.29) is 0 Å². The first kappa shape index (κ1) is 18.9. The number of pyridine rings is 1. The summed E-state index contributed by atoms with van der Waals surface area (Å²) >= 11 is 0. The van der Waals surface area contributed by atoms with Gasteiger partial charge in [-0.05, 0) is 19.1 Å². The van der Waals surface area contributed by atoms with Crippen LogP contribution in [-0.4, -0.2) is 82.1 Å². The molecule has 3 aromatic heterocycles. The zero-order valence-electron chi connectivity index (χ0n) is 16.9. The SMILES string of the molecule is Cc1cn(-c2cccc(-c3nc(N4CCOCC4)nc(N4CCOCC4)n3)n2)cn1. The predicted octanol–water partition coefficient (Wildman–Crippen LogP) is 1.10. The van der Waals surface area contributed by atoms with E-state index in [1.165, 1.54) is 0 Å². The number of anilines is 2. The third-order valence-electron chi connectivity index (χ3n) is 5.14. The first-order valence-corrected chi connectivity index (χ1v) is 10.2. The Bertz CT molecular complexity index is 975. The molecule has 2 aliphatic rings. The number of aromatic nitrogens is 6. The van der Waals surface area contributed by atoms with Crippen molar-refractivity contribution in [3.8, 4) is 17.3 Å². The van der Waals surface area contributed by atoms with E-state index in [0.29, 0.717) is 49.8 Å². The summed E-state index contributed by atoms with van der Waals surface area (Å²) in [6.45, 7) is 7.66. The second-order valence-electron chi connectivity index (χ2n) is 7.26. The molecule has 156 valence electrons. The van der Waals surface area contributed by atoms with Crippen molar-refractivity contribution in [2.45, 2.75) is 6.92 Å². The van der Waals surface area contributed by atoms with E-state index < -0.39 is 0 Å². The van der Waals surface area contributed by atoms with Crippen LogP contribution < -0.4 is 9.80 Å². The minimum absolute atomic E-state index is 0.562. The van der Waals surface area contributed by atoms with Crippen LogP contribution in [0.3, 0.4) is 0 Å². The first-order chi connectivity index (χ1) is 14.8. The summed E-state index contributed by atoms with van der Waals surface area (Å²) in [5.41, 5.74) is 1.64. The van der Waals surface area contributed by atoms with Crippen LogP contribution in [0.15, 0.2) is 30.7 Å². The number of aryl methyl sites for hydroxylation is 1. The molecular formula is C20H24N8O2. The van der Waals surface area contributed by atoms with E-state index in [1.807, 2.05) is 35.9 Å². The van der Waals surface area contributed by atoms with Gasteiger partial charge in [-0.15, -0.1) is 0 Å². The number of rotatable bonds is 4. The van der Waals surface area contributed by atoms with Crippen molar-refractivity contribution in [1.29, 1.82) is 0 Å². The zero-order valence-corrected chi connectivity index (χ0v) is 16.9. The Morgan fingerprint density at radius 2 is 1.43 bits per heavy atom. The van der Waals surface area contributed by atoms with Gasteiger partial charge in [0.25, 0.3) is 0 Å². The van der Waals surface area contributed by atoms with E-state index in [4.69, 9.17) is 29.4 Å². The van der Waals surface area contributed by atoms with Gasteiger partial charge in [0.15, 0.2) is 5.82 Å². The number of morpholine rings is 2. The van der Waals surface area contributed by atoms with Crippen LogP contribution in [0, 0.1) is 6.92 Å². The Labute approximate surface area is 174 Å². The van der Waals surface area contributed by atoms with Crippen molar-refractivity contribution in [2.24, 2.45) is 0 Å². The second kappa shape index (κ2) is 8.33. The largest absolute Gasteiger partial charge is 0.378 e. The van der Waals surface area contributed by atoms with E-state index in [1.54, 1.807) is 6.33 Å². The summed E-state index contributed by atoms with van der Waals surface area (Å²) in [5, 5.41) is 0. The van der Waals surface area contributed by atoms with Gasteiger partial charge in [0, 0.05) is 32.4 Å². The van der Waals surface area contributed by atoms with Gasteiger partial charge in [-0.2, -0.15) is 15.0 Å². The molecule has 2 fully saturated rings. The third-order valence-corrected chi connectivity index (χ3v) is 5.14. The van der Waals surface area contributed by atoms with Crippen LogP contribution >= 0.6 is 0 Å². The van der Waals surface area contributed by atoms with Gasteiger partial charge in [0.1, 0.15) is 17.8 Å². The molecule has 0 amide bonds. The molecule has 3 aromatic rings. The molecule has 5 rings (SSSR count). The topological polar surface area (TPSA) is 94.3 Å². The lowest BCUT2D eigenvalue weighted by molar-refractivity contribution is 0.121. The molecule has 0 bridgehead atoms. The molecule has 0 aliphatic carbocycles. The highest BCUT2D eigenvalue weighted by Gasteiger charge is 2.21. The molecule has 0 saturated carbocycles. The summed E-state index contributed by atoms with van der Waals surface area (Å²) in [4.78, 5) is 27.7. The van der Waals surface area contributed by atoms with Crippen molar-refractivity contribution < 1.29 is 9.47 Å². The Kier molecular flexibility index (Phi) is 5.24. The predicted molar refractivity (Wildman–Crippen MR) is 111 cm³/mol. The molecule has 0 radical (unpaired) electrons. The Balaban J connectivity index is 1.54. The molecule has 5 heterocycles. The maximum Gasteiger partial charge on any atom is 0.230 e. The van der Waals surface area contributed by atoms with Crippen LogP contribution in [0.5, 0.6) is 0 Å². The Hall–Kier alpha value is -3.11. The number of hydrogen-bond donors (Lipinski definition) is 0. The Morgan fingerprint density at radius 1 is 0.800 bits per heavy atom. The molecule has 30 heavy (non-hydrogen) atoms. The number of nitrogens with zero attached hydrogens (tertiary/aromatic N) is 8. The van der Waals surface area contributed by atoms with Crippen LogP contribution in [0.4, 0.5) is 11.9 Å². The molecule has 2 aliphatic heterocycles. The van der Waals surface area contributed by atoms with Gasteiger partial charge < -0.3 is 19.3 Å². The van der Waals surface area contributed by atoms with Crippen molar-refractivity contribution in [1.82, 2.24) is 29.5 Å². The van der Waals surface area contributed by atoms with Crippen molar-refractivity contribution in [3.63, 3.8) is 0 Å². The number of imidazole rings is 1. The highest BCUT2D eigenvalue weighted by atomic mass is 16.5. The Morgan fingerprint density at radius 3 is 2.00 bits per heavy atom. The fraction of sp³-hybridized carbons (Fsp3) is 0.450. The molecule has 0 N–H and O–H groups in total. The molecule has 0 atom stereocenters. The van der Waals surface area contributed by atoms with Gasteiger partial charge in [0.05, 0.1) is 32.1 Å². The standard InChI is InChI=1S/C20H24N8O2/c1-15-13-28(14-21-15)17-4-2-3-16(22-17)18-23-19(26-5-9-29-10-6-26)25-20(24-18)27-7-11-30-12-8-27/h2-4,13-14H,5-12H2,1H3. The monoisotopic (exact) mass is 408 g/mol. The summed E-state index contributed by atoms with van der Waals surface area (Å²) in [6.07, 6.45) is 3.70. The molecule has 0 unspecified atom stereocenters. The number of ether oxygens (including phenoxy) is 2. The lowest BCUT2D eigenvalue weighted by Crippen LogP contribution is -2.40. The van der Waals surface area contributed by atoms with Crippen LogP contribution in [0.2, 0.25) is 0 Å². The zero-order chi connectivity index (χ0) is 20.3.